The van der Waals surface area contributed by atoms with Crippen LogP contribution in [0.25, 0.3) is 0 Å². The van der Waals surface area contributed by atoms with Gasteiger partial charge in [-0.3, -0.25) is 0 Å². The van der Waals surface area contributed by atoms with E-state index in [4.69, 9.17) is 0 Å². The average Bonchev–Trinajstić information content (AvgIpc) is 2.26. The van der Waals surface area contributed by atoms with E-state index in [1.165, 1.54) is 64.5 Å². The standard InChI is InChI=1S/C13H27N/c1-3-5-9-12-14(4-2)13-10-7-6-8-11-13/h13H,3-12H2,1-2H3. The van der Waals surface area contributed by atoms with Gasteiger partial charge in [0, 0.05) is 6.04 Å². The van der Waals surface area contributed by atoms with E-state index in [0.717, 1.165) is 6.04 Å². The first-order valence-electron chi connectivity index (χ1n) is 6.62. The lowest BCUT2D eigenvalue weighted by Gasteiger charge is -2.33. The molecule has 14 heavy (non-hydrogen) atoms. The minimum absolute atomic E-state index is 0.922. The van der Waals surface area contributed by atoms with E-state index < -0.39 is 0 Å². The van der Waals surface area contributed by atoms with Crippen molar-refractivity contribution in [3.63, 3.8) is 0 Å². The van der Waals surface area contributed by atoms with Crippen LogP contribution in [-0.2, 0) is 0 Å². The molecule has 0 amide bonds. The third-order valence-electron chi connectivity index (χ3n) is 3.55. The van der Waals surface area contributed by atoms with Gasteiger partial charge in [0.1, 0.15) is 0 Å². The minimum Gasteiger partial charge on any atom is -0.301 e. The van der Waals surface area contributed by atoms with E-state index in [0.29, 0.717) is 0 Å². The van der Waals surface area contributed by atoms with Crippen LogP contribution in [0, 0.1) is 0 Å². The molecule has 1 fully saturated rings. The summed E-state index contributed by atoms with van der Waals surface area (Å²) in [7, 11) is 0. The molecule has 0 aromatic carbocycles. The number of nitrogens with zero attached hydrogens (tertiary/aromatic N) is 1. The van der Waals surface area contributed by atoms with Gasteiger partial charge in [0.2, 0.25) is 0 Å². The fourth-order valence-corrected chi connectivity index (χ4v) is 2.61. The molecule has 0 aromatic rings. The molecule has 0 atom stereocenters. The highest BCUT2D eigenvalue weighted by Crippen LogP contribution is 2.22. The van der Waals surface area contributed by atoms with Crippen LogP contribution in [0.2, 0.25) is 0 Å². The minimum atomic E-state index is 0.922. The fraction of sp³-hybridized carbons (Fsp3) is 1.00. The molecule has 1 saturated carbocycles. The zero-order valence-corrected chi connectivity index (χ0v) is 10.1. The van der Waals surface area contributed by atoms with Gasteiger partial charge in [-0.15, -0.1) is 0 Å². The largest absolute Gasteiger partial charge is 0.301 e. The van der Waals surface area contributed by atoms with Crippen LogP contribution < -0.4 is 0 Å². The molecule has 1 aliphatic rings. The smallest absolute Gasteiger partial charge is 0.00951 e. The third kappa shape index (κ3) is 4.00. The van der Waals surface area contributed by atoms with Crippen molar-refractivity contribution in [3.8, 4) is 0 Å². The van der Waals surface area contributed by atoms with E-state index in [2.05, 4.69) is 18.7 Å². The second kappa shape index (κ2) is 7.28. The van der Waals surface area contributed by atoms with Gasteiger partial charge in [0.15, 0.2) is 0 Å². The molecule has 0 N–H and O–H groups in total. The highest BCUT2D eigenvalue weighted by molar-refractivity contribution is 4.74. The van der Waals surface area contributed by atoms with Crippen LogP contribution >= 0.6 is 0 Å². The maximum Gasteiger partial charge on any atom is 0.00951 e. The Hall–Kier alpha value is -0.0400. The molecule has 0 saturated heterocycles. The van der Waals surface area contributed by atoms with Gasteiger partial charge in [0.05, 0.1) is 0 Å². The lowest BCUT2D eigenvalue weighted by atomic mass is 9.94. The Labute approximate surface area is 89.9 Å². The first-order valence-corrected chi connectivity index (χ1v) is 6.62. The molecule has 84 valence electrons. The summed E-state index contributed by atoms with van der Waals surface area (Å²) in [6, 6.07) is 0.922. The maximum atomic E-state index is 2.72. The predicted octanol–water partition coefficient (Wildman–Crippen LogP) is 3.83. The molecular weight excluding hydrogens is 170 g/mol. The molecule has 0 spiro atoms. The van der Waals surface area contributed by atoms with Crippen LogP contribution in [0.1, 0.15) is 65.2 Å². The van der Waals surface area contributed by atoms with E-state index >= 15 is 0 Å². The van der Waals surface area contributed by atoms with E-state index in [1.807, 2.05) is 0 Å². The molecule has 0 aliphatic heterocycles. The second-order valence-electron chi connectivity index (χ2n) is 4.63. The maximum absolute atomic E-state index is 2.72. The average molecular weight is 197 g/mol. The van der Waals surface area contributed by atoms with Crippen LogP contribution in [0.3, 0.4) is 0 Å². The molecule has 0 radical (unpaired) electrons. The van der Waals surface area contributed by atoms with Crippen molar-refractivity contribution >= 4 is 0 Å². The summed E-state index contributed by atoms with van der Waals surface area (Å²) >= 11 is 0. The van der Waals surface area contributed by atoms with E-state index in [-0.39, 0.29) is 0 Å². The monoisotopic (exact) mass is 197 g/mol. The molecule has 0 aromatic heterocycles. The van der Waals surface area contributed by atoms with Crippen LogP contribution in [-0.4, -0.2) is 24.0 Å². The predicted molar refractivity (Wildman–Crippen MR) is 63.6 cm³/mol. The fourth-order valence-electron chi connectivity index (χ4n) is 2.61. The number of unbranched alkanes of at least 4 members (excludes halogenated alkanes) is 2. The third-order valence-corrected chi connectivity index (χ3v) is 3.55. The SMILES string of the molecule is CCCCCN(CC)C1CCCCC1. The summed E-state index contributed by atoms with van der Waals surface area (Å²) < 4.78 is 0. The van der Waals surface area contributed by atoms with Crippen LogP contribution in [0.5, 0.6) is 0 Å². The Kier molecular flexibility index (Phi) is 6.25. The van der Waals surface area contributed by atoms with Gasteiger partial charge < -0.3 is 4.90 Å². The summed E-state index contributed by atoms with van der Waals surface area (Å²) in [5, 5.41) is 0. The van der Waals surface area contributed by atoms with Crippen molar-refractivity contribution in [2.75, 3.05) is 13.1 Å². The lowest BCUT2D eigenvalue weighted by Crippen LogP contribution is -2.37. The van der Waals surface area contributed by atoms with Crippen LogP contribution in [0.4, 0.5) is 0 Å². The Morgan fingerprint density at radius 3 is 2.29 bits per heavy atom. The molecule has 0 unspecified atom stereocenters. The topological polar surface area (TPSA) is 3.24 Å². The van der Waals surface area contributed by atoms with Crippen molar-refractivity contribution in [1.29, 1.82) is 0 Å². The Balaban J connectivity index is 2.21. The van der Waals surface area contributed by atoms with Crippen molar-refractivity contribution < 1.29 is 0 Å². The normalized spacial score (nSPS) is 19.1. The first-order chi connectivity index (χ1) is 6.88. The highest BCUT2D eigenvalue weighted by Gasteiger charge is 2.18. The summed E-state index contributed by atoms with van der Waals surface area (Å²) in [5.41, 5.74) is 0. The summed E-state index contributed by atoms with van der Waals surface area (Å²) in [6.45, 7) is 7.21. The molecule has 1 nitrogen and oxygen atoms in total. The van der Waals surface area contributed by atoms with Crippen molar-refractivity contribution in [2.24, 2.45) is 0 Å². The summed E-state index contributed by atoms with van der Waals surface area (Å²) in [6.07, 6.45) is 11.5. The van der Waals surface area contributed by atoms with Crippen molar-refractivity contribution in [1.82, 2.24) is 4.90 Å². The molecule has 0 bridgehead atoms. The molecule has 0 heterocycles. The van der Waals surface area contributed by atoms with E-state index in [1.54, 1.807) is 0 Å². The number of rotatable bonds is 6. The first kappa shape index (κ1) is 12.0. The van der Waals surface area contributed by atoms with Gasteiger partial charge in [-0.25, -0.2) is 0 Å². The molecule has 1 rings (SSSR count). The van der Waals surface area contributed by atoms with Gasteiger partial charge in [-0.2, -0.15) is 0 Å². The highest BCUT2D eigenvalue weighted by atomic mass is 15.1. The van der Waals surface area contributed by atoms with Crippen LogP contribution in [0.15, 0.2) is 0 Å². The second-order valence-corrected chi connectivity index (χ2v) is 4.63. The lowest BCUT2D eigenvalue weighted by molar-refractivity contribution is 0.161. The van der Waals surface area contributed by atoms with Crippen molar-refractivity contribution in [2.45, 2.75) is 71.3 Å². The van der Waals surface area contributed by atoms with Gasteiger partial charge in [-0.1, -0.05) is 46.0 Å². The van der Waals surface area contributed by atoms with Crippen molar-refractivity contribution in [3.05, 3.63) is 0 Å². The quantitative estimate of drug-likeness (QED) is 0.585. The Bertz CT molecular complexity index is 127. The molecule has 1 aliphatic carbocycles. The van der Waals surface area contributed by atoms with Gasteiger partial charge in [-0.05, 0) is 32.4 Å². The number of hydrogen-bond acceptors (Lipinski definition) is 1. The van der Waals surface area contributed by atoms with Gasteiger partial charge in [0.25, 0.3) is 0 Å². The molecular formula is C13H27N. The van der Waals surface area contributed by atoms with Gasteiger partial charge >= 0.3 is 0 Å². The summed E-state index contributed by atoms with van der Waals surface area (Å²) in [4.78, 5) is 2.72. The number of hydrogen-bond donors (Lipinski definition) is 0. The Morgan fingerprint density at radius 2 is 1.71 bits per heavy atom. The summed E-state index contributed by atoms with van der Waals surface area (Å²) in [5.74, 6) is 0. The Morgan fingerprint density at radius 1 is 1.00 bits per heavy atom. The zero-order valence-electron chi connectivity index (χ0n) is 10.1. The molecule has 1 heteroatoms. The van der Waals surface area contributed by atoms with E-state index in [9.17, 15) is 0 Å². The zero-order chi connectivity index (χ0) is 10.2.